The number of hydrogen-bond donors (Lipinski definition) is 2. The standard InChI is InChI=1S/C27H28ClN5O4S2/c1-37-20-7-9-21(10-8-20)39(35,36)31-23-5-3-2-4-22(23)26(34)29-12-13-32-14-16-33(17-15-32)27-30-24-11-6-19(28)18-25(24)38-27/h2-11,18,31H,12-17H2,1H3,(H,29,34). The minimum atomic E-state index is -3.88. The number of anilines is 2. The molecule has 2 N–H and O–H groups in total. The summed E-state index contributed by atoms with van der Waals surface area (Å²) >= 11 is 7.75. The van der Waals surface area contributed by atoms with Gasteiger partial charge >= 0.3 is 0 Å². The Labute approximate surface area is 236 Å². The smallest absolute Gasteiger partial charge is 0.261 e. The number of carbonyl (C=O) groups excluding carboxylic acids is 1. The van der Waals surface area contributed by atoms with Crippen LogP contribution in [0.4, 0.5) is 10.8 Å². The second-order valence-corrected chi connectivity index (χ2v) is 12.1. The number of fused-ring (bicyclic) bond motifs is 1. The fourth-order valence-corrected chi connectivity index (χ4v) is 6.71. The summed E-state index contributed by atoms with van der Waals surface area (Å²) in [6.45, 7) is 4.53. The van der Waals surface area contributed by atoms with Gasteiger partial charge in [-0.25, -0.2) is 13.4 Å². The first-order valence-corrected chi connectivity index (χ1v) is 15.1. The predicted molar refractivity (Wildman–Crippen MR) is 156 cm³/mol. The number of amides is 1. The summed E-state index contributed by atoms with van der Waals surface area (Å²) in [5.74, 6) is 0.215. The molecule has 39 heavy (non-hydrogen) atoms. The molecule has 1 amide bonds. The molecule has 204 valence electrons. The lowest BCUT2D eigenvalue weighted by Crippen LogP contribution is -2.48. The summed E-state index contributed by atoms with van der Waals surface area (Å²) in [6.07, 6.45) is 0. The number of piperazine rings is 1. The lowest BCUT2D eigenvalue weighted by Gasteiger charge is -2.34. The molecule has 1 aliphatic rings. The van der Waals surface area contributed by atoms with Crippen molar-refractivity contribution in [1.29, 1.82) is 0 Å². The van der Waals surface area contributed by atoms with Crippen molar-refractivity contribution in [3.05, 3.63) is 77.3 Å². The molecule has 0 bridgehead atoms. The van der Waals surface area contributed by atoms with E-state index in [0.29, 0.717) is 23.9 Å². The molecule has 1 saturated heterocycles. The number of para-hydroxylation sites is 1. The predicted octanol–water partition coefficient (Wildman–Crippen LogP) is 4.31. The quantitative estimate of drug-likeness (QED) is 0.302. The van der Waals surface area contributed by atoms with Crippen LogP contribution in [0.3, 0.4) is 0 Å². The van der Waals surface area contributed by atoms with Crippen molar-refractivity contribution in [2.45, 2.75) is 4.90 Å². The maximum Gasteiger partial charge on any atom is 0.261 e. The molecular weight excluding hydrogens is 558 g/mol. The number of rotatable bonds is 9. The van der Waals surface area contributed by atoms with Gasteiger partial charge < -0.3 is 15.0 Å². The molecule has 2 heterocycles. The van der Waals surface area contributed by atoms with Crippen molar-refractivity contribution < 1.29 is 17.9 Å². The van der Waals surface area contributed by atoms with Crippen molar-refractivity contribution in [3.8, 4) is 5.75 Å². The van der Waals surface area contributed by atoms with Crippen LogP contribution in [0.25, 0.3) is 10.2 Å². The van der Waals surface area contributed by atoms with E-state index in [4.69, 9.17) is 21.3 Å². The van der Waals surface area contributed by atoms with Crippen LogP contribution >= 0.6 is 22.9 Å². The number of carbonyl (C=O) groups is 1. The van der Waals surface area contributed by atoms with Gasteiger partial charge in [0.15, 0.2) is 5.13 Å². The van der Waals surface area contributed by atoms with Crippen LogP contribution in [0.1, 0.15) is 10.4 Å². The average molecular weight is 586 g/mol. The molecular formula is C27H28ClN5O4S2. The van der Waals surface area contributed by atoms with Crippen molar-refractivity contribution in [2.75, 3.05) is 56.0 Å². The summed E-state index contributed by atoms with van der Waals surface area (Å²) in [4.78, 5) is 22.3. The summed E-state index contributed by atoms with van der Waals surface area (Å²) in [5.41, 5.74) is 1.43. The van der Waals surface area contributed by atoms with E-state index in [1.54, 1.807) is 47.7 Å². The lowest BCUT2D eigenvalue weighted by atomic mass is 10.1. The molecule has 0 spiro atoms. The van der Waals surface area contributed by atoms with Crippen LogP contribution in [0.15, 0.2) is 71.6 Å². The fourth-order valence-electron chi connectivity index (χ4n) is 4.34. The summed E-state index contributed by atoms with van der Waals surface area (Å²) in [7, 11) is -2.37. The zero-order valence-corrected chi connectivity index (χ0v) is 23.7. The van der Waals surface area contributed by atoms with Crippen LogP contribution < -0.4 is 19.7 Å². The van der Waals surface area contributed by atoms with Gasteiger partial charge in [0, 0.05) is 44.3 Å². The minimum absolute atomic E-state index is 0.0762. The van der Waals surface area contributed by atoms with Gasteiger partial charge in [-0.15, -0.1) is 0 Å². The molecule has 3 aromatic carbocycles. The number of hydrogen-bond acceptors (Lipinski definition) is 8. The van der Waals surface area contributed by atoms with Crippen molar-refractivity contribution >= 4 is 59.9 Å². The molecule has 0 aliphatic carbocycles. The van der Waals surface area contributed by atoms with Crippen LogP contribution in [0.2, 0.25) is 5.02 Å². The van der Waals surface area contributed by atoms with Gasteiger partial charge in [0.25, 0.3) is 15.9 Å². The van der Waals surface area contributed by atoms with Crippen LogP contribution in [-0.2, 0) is 10.0 Å². The van der Waals surface area contributed by atoms with E-state index in [2.05, 4.69) is 19.8 Å². The molecule has 1 aromatic heterocycles. The Kier molecular flexibility index (Phi) is 8.22. The topological polar surface area (TPSA) is 104 Å². The van der Waals surface area contributed by atoms with Gasteiger partial charge in [-0.3, -0.25) is 14.4 Å². The Bertz CT molecular complexity index is 1570. The number of ether oxygens (including phenoxy) is 1. The molecule has 0 saturated carbocycles. The Hall–Kier alpha value is -3.38. The fraction of sp³-hybridized carbons (Fsp3) is 0.259. The molecule has 1 fully saturated rings. The molecule has 4 aromatic rings. The van der Waals surface area contributed by atoms with Crippen molar-refractivity contribution in [3.63, 3.8) is 0 Å². The molecule has 1 aliphatic heterocycles. The van der Waals surface area contributed by atoms with E-state index in [-0.39, 0.29) is 22.1 Å². The molecule has 0 atom stereocenters. The van der Waals surface area contributed by atoms with E-state index in [1.165, 1.54) is 19.2 Å². The van der Waals surface area contributed by atoms with Crippen molar-refractivity contribution in [2.24, 2.45) is 0 Å². The molecule has 9 nitrogen and oxygen atoms in total. The van der Waals surface area contributed by atoms with Crippen molar-refractivity contribution in [1.82, 2.24) is 15.2 Å². The number of benzene rings is 3. The summed E-state index contributed by atoms with van der Waals surface area (Å²) < 4.78 is 34.5. The van der Waals surface area contributed by atoms with Gasteiger partial charge in [0.05, 0.1) is 33.5 Å². The third kappa shape index (κ3) is 6.44. The monoisotopic (exact) mass is 585 g/mol. The highest BCUT2D eigenvalue weighted by atomic mass is 35.5. The largest absolute Gasteiger partial charge is 0.497 e. The van der Waals surface area contributed by atoms with Crippen LogP contribution in [0.5, 0.6) is 5.75 Å². The van der Waals surface area contributed by atoms with Gasteiger partial charge in [0.1, 0.15) is 5.75 Å². The number of nitrogens with one attached hydrogen (secondary N) is 2. The minimum Gasteiger partial charge on any atom is -0.497 e. The molecule has 0 unspecified atom stereocenters. The maximum absolute atomic E-state index is 13.0. The number of methoxy groups -OCH3 is 1. The number of halogens is 1. The van der Waals surface area contributed by atoms with E-state index >= 15 is 0 Å². The van der Waals surface area contributed by atoms with E-state index < -0.39 is 10.0 Å². The zero-order chi connectivity index (χ0) is 27.4. The lowest BCUT2D eigenvalue weighted by molar-refractivity contribution is 0.0948. The first-order valence-electron chi connectivity index (χ1n) is 12.4. The third-order valence-electron chi connectivity index (χ3n) is 6.48. The normalized spacial score (nSPS) is 14.4. The summed E-state index contributed by atoms with van der Waals surface area (Å²) in [6, 6.07) is 18.4. The zero-order valence-electron chi connectivity index (χ0n) is 21.3. The Morgan fingerprint density at radius 3 is 2.54 bits per heavy atom. The third-order valence-corrected chi connectivity index (χ3v) is 9.18. The maximum atomic E-state index is 13.0. The van der Waals surface area contributed by atoms with E-state index in [1.807, 2.05) is 18.2 Å². The second kappa shape index (κ2) is 11.8. The van der Waals surface area contributed by atoms with E-state index in [9.17, 15) is 13.2 Å². The second-order valence-electron chi connectivity index (χ2n) is 9.02. The highest BCUT2D eigenvalue weighted by Gasteiger charge is 2.21. The highest BCUT2D eigenvalue weighted by Crippen LogP contribution is 2.31. The van der Waals surface area contributed by atoms with Gasteiger partial charge in [0.2, 0.25) is 0 Å². The molecule has 5 rings (SSSR count). The molecule has 12 heteroatoms. The Balaban J connectivity index is 1.13. The first-order chi connectivity index (χ1) is 18.8. The SMILES string of the molecule is COc1ccc(S(=O)(=O)Nc2ccccc2C(=O)NCCN2CCN(c3nc4ccc(Cl)cc4s3)CC2)cc1. The van der Waals surface area contributed by atoms with Gasteiger partial charge in [-0.05, 0) is 54.6 Å². The summed E-state index contributed by atoms with van der Waals surface area (Å²) in [5, 5.41) is 4.63. The average Bonchev–Trinajstić information content (AvgIpc) is 3.37. The number of thiazole rings is 1. The number of aromatic nitrogens is 1. The van der Waals surface area contributed by atoms with Crippen LogP contribution in [-0.4, -0.2) is 70.6 Å². The highest BCUT2D eigenvalue weighted by molar-refractivity contribution is 7.92. The Morgan fingerprint density at radius 2 is 1.79 bits per heavy atom. The first kappa shape index (κ1) is 27.2. The Morgan fingerprint density at radius 1 is 1.05 bits per heavy atom. The number of sulfonamides is 1. The number of nitrogens with zero attached hydrogens (tertiary/aromatic N) is 3. The van der Waals surface area contributed by atoms with E-state index in [0.717, 1.165) is 41.5 Å². The molecule has 0 radical (unpaired) electrons. The van der Waals surface area contributed by atoms with Crippen LogP contribution in [0, 0.1) is 0 Å². The van der Waals surface area contributed by atoms with Gasteiger partial charge in [-0.2, -0.15) is 0 Å². The van der Waals surface area contributed by atoms with Gasteiger partial charge in [-0.1, -0.05) is 35.1 Å².